The molecular weight excluding hydrogens is 675 g/mol. The van der Waals surface area contributed by atoms with Crippen molar-refractivity contribution in [3.05, 3.63) is 68.1 Å². The molecule has 13 nitrogen and oxygen atoms in total. The van der Waals surface area contributed by atoms with Gasteiger partial charge < -0.3 is 23.7 Å². The second kappa shape index (κ2) is 13.5. The molecule has 2 aliphatic heterocycles. The highest BCUT2D eigenvalue weighted by Gasteiger charge is 2.47. The molecule has 7 rings (SSSR count). The van der Waals surface area contributed by atoms with E-state index in [9.17, 15) is 22.8 Å². The van der Waals surface area contributed by atoms with E-state index in [0.717, 1.165) is 64.5 Å². The molecule has 3 atom stereocenters. The van der Waals surface area contributed by atoms with Crippen LogP contribution in [0.2, 0.25) is 0 Å². The van der Waals surface area contributed by atoms with Crippen LogP contribution in [0.15, 0.2) is 33.5 Å². The molecule has 2 aromatic carbocycles. The second-order valence-electron chi connectivity index (χ2n) is 14.8. The highest BCUT2D eigenvalue weighted by molar-refractivity contribution is 7.87. The summed E-state index contributed by atoms with van der Waals surface area (Å²) >= 11 is 0. The van der Waals surface area contributed by atoms with E-state index in [4.69, 9.17) is 13.9 Å². The van der Waals surface area contributed by atoms with Gasteiger partial charge in [-0.2, -0.15) is 12.7 Å². The molecule has 1 aromatic heterocycles. The first kappa shape index (κ1) is 35.4. The first-order valence-electron chi connectivity index (χ1n) is 17.6. The predicted octanol–water partition coefficient (Wildman–Crippen LogP) is 3.09. The lowest BCUT2D eigenvalue weighted by molar-refractivity contribution is 0.0731. The minimum atomic E-state index is -4.05. The predicted molar refractivity (Wildman–Crippen MR) is 193 cm³/mol. The number of hydrogen-bond acceptors (Lipinski definition) is 10. The summed E-state index contributed by atoms with van der Waals surface area (Å²) in [4.78, 5) is 47.0. The minimum absolute atomic E-state index is 0.0321. The number of ether oxygens (including phenoxy) is 2. The van der Waals surface area contributed by atoms with Crippen LogP contribution in [0.5, 0.6) is 5.75 Å². The van der Waals surface area contributed by atoms with Crippen molar-refractivity contribution >= 4 is 38.7 Å². The maximum atomic E-state index is 14.0. The fourth-order valence-corrected chi connectivity index (χ4v) is 8.64. The molecule has 1 saturated heterocycles. The molecule has 1 N–H and O–H groups in total. The lowest BCUT2D eigenvalue weighted by Crippen LogP contribution is -2.53. The smallest absolute Gasteiger partial charge is 0.341 e. The molecule has 51 heavy (non-hydrogen) atoms. The van der Waals surface area contributed by atoms with E-state index >= 15 is 0 Å². The highest BCUT2D eigenvalue weighted by Crippen LogP contribution is 2.52. The molecule has 3 aromatic rings. The van der Waals surface area contributed by atoms with E-state index in [1.54, 1.807) is 12.0 Å². The number of hydrogen-bond donors (Lipinski definition) is 1. The second-order valence-corrected chi connectivity index (χ2v) is 16.7. The molecule has 2 unspecified atom stereocenters. The zero-order valence-corrected chi connectivity index (χ0v) is 31.0. The SMILES string of the molecule is COC[C@H]1CN(c2cc(C)c3c4c(c(=O)oc3c2C)CN(C(=O)c2ccc(C(=O)NS(=O)(=O)N(C)C)c(OC3CC5CC5C3)c2)CC4)CCN1C. The first-order chi connectivity index (χ1) is 24.2. The van der Waals surface area contributed by atoms with Gasteiger partial charge in [0.15, 0.2) is 0 Å². The average Bonchev–Trinajstić information content (AvgIpc) is 3.71. The van der Waals surface area contributed by atoms with Crippen molar-refractivity contribution in [2.45, 2.75) is 58.2 Å². The van der Waals surface area contributed by atoms with Crippen LogP contribution in [0, 0.1) is 25.7 Å². The fourth-order valence-electron chi connectivity index (χ4n) is 8.11. The Morgan fingerprint density at radius 2 is 1.78 bits per heavy atom. The number of amides is 2. The fraction of sp³-hybridized carbons (Fsp3) is 0.541. The number of aryl methyl sites for hydroxylation is 2. The first-order valence-corrected chi connectivity index (χ1v) is 19.1. The van der Waals surface area contributed by atoms with Crippen LogP contribution in [-0.2, 0) is 27.9 Å². The molecule has 2 saturated carbocycles. The number of nitrogens with one attached hydrogen (secondary N) is 1. The number of carbonyl (C=O) groups is 2. The minimum Gasteiger partial charge on any atom is -0.490 e. The molecule has 0 radical (unpaired) electrons. The van der Waals surface area contributed by atoms with Crippen LogP contribution in [-0.4, -0.2) is 108 Å². The number of nitrogens with zero attached hydrogens (tertiary/aromatic N) is 4. The summed E-state index contributed by atoms with van der Waals surface area (Å²) in [5.74, 6) is 0.227. The molecule has 274 valence electrons. The van der Waals surface area contributed by atoms with Crippen molar-refractivity contribution in [1.29, 1.82) is 0 Å². The number of fused-ring (bicyclic) bond motifs is 4. The van der Waals surface area contributed by atoms with Gasteiger partial charge in [0.2, 0.25) is 0 Å². The quantitative estimate of drug-likeness (QED) is 0.328. The maximum Gasteiger partial charge on any atom is 0.341 e. The third-order valence-electron chi connectivity index (χ3n) is 11.2. The zero-order valence-electron chi connectivity index (χ0n) is 30.2. The van der Waals surface area contributed by atoms with Gasteiger partial charge in [-0.05, 0) is 93.8 Å². The van der Waals surface area contributed by atoms with E-state index in [2.05, 4.69) is 27.6 Å². The van der Waals surface area contributed by atoms with E-state index in [-0.39, 0.29) is 41.5 Å². The van der Waals surface area contributed by atoms with Crippen molar-refractivity contribution < 1.29 is 31.9 Å². The molecule has 14 heteroatoms. The van der Waals surface area contributed by atoms with Gasteiger partial charge in [-0.15, -0.1) is 0 Å². The van der Waals surface area contributed by atoms with Crippen molar-refractivity contribution in [3.63, 3.8) is 0 Å². The molecule has 2 amide bonds. The Labute approximate surface area is 298 Å². The molecule has 3 fully saturated rings. The Bertz CT molecular complexity index is 2050. The van der Waals surface area contributed by atoms with E-state index < -0.39 is 21.7 Å². The summed E-state index contributed by atoms with van der Waals surface area (Å²) in [6.45, 7) is 7.69. The summed E-state index contributed by atoms with van der Waals surface area (Å²) in [5, 5.41) is 0.925. The van der Waals surface area contributed by atoms with Gasteiger partial charge in [0.1, 0.15) is 11.3 Å². The Balaban J connectivity index is 1.16. The molecular formula is C37H47N5O8S. The highest BCUT2D eigenvalue weighted by atomic mass is 32.2. The third kappa shape index (κ3) is 6.74. The summed E-state index contributed by atoms with van der Waals surface area (Å²) in [5.41, 5.74) is 4.81. The van der Waals surface area contributed by atoms with Gasteiger partial charge in [0, 0.05) is 69.6 Å². The standard InChI is InChI=1S/C37H47N5O8S/c1-21-13-31(41-12-11-40(5)26(18-41)20-48-6)22(2)34-33(21)28-9-10-42(19-30(28)37(45)50-34)36(44)23-7-8-29(35(43)38-51(46,47)39(3)4)32(17-23)49-27-15-24-14-25(24)16-27/h7-8,13,17,24-27H,9-12,14-16,18-20H2,1-6H3,(H,38,43)/t24?,25?,26-,27?/m1/s1. The number of piperazine rings is 1. The molecule has 0 bridgehead atoms. The summed E-state index contributed by atoms with van der Waals surface area (Å²) in [7, 11) is 2.43. The summed E-state index contributed by atoms with van der Waals surface area (Å²) < 4.78 is 45.7. The Hall–Kier alpha value is -3.98. The Morgan fingerprint density at radius 3 is 2.49 bits per heavy atom. The van der Waals surface area contributed by atoms with Gasteiger partial charge in [0.25, 0.3) is 11.8 Å². The average molecular weight is 722 g/mol. The normalized spacial score (nSPS) is 23.4. The number of rotatable bonds is 9. The number of benzene rings is 2. The van der Waals surface area contributed by atoms with Gasteiger partial charge in [0.05, 0.1) is 36.4 Å². The maximum absolute atomic E-state index is 14.0. The topological polar surface area (TPSA) is 142 Å². The van der Waals surface area contributed by atoms with Crippen molar-refractivity contribution in [2.24, 2.45) is 11.8 Å². The van der Waals surface area contributed by atoms with E-state index in [1.165, 1.54) is 38.7 Å². The van der Waals surface area contributed by atoms with Crippen molar-refractivity contribution in [1.82, 2.24) is 18.8 Å². The summed E-state index contributed by atoms with van der Waals surface area (Å²) in [6, 6.07) is 6.89. The number of carbonyl (C=O) groups excluding carboxylic acids is 2. The third-order valence-corrected chi connectivity index (χ3v) is 12.6. The van der Waals surface area contributed by atoms with Crippen LogP contribution >= 0.6 is 0 Å². The van der Waals surface area contributed by atoms with Crippen LogP contribution in [0.4, 0.5) is 5.69 Å². The number of anilines is 1. The van der Waals surface area contributed by atoms with E-state index in [1.807, 2.05) is 13.8 Å². The largest absolute Gasteiger partial charge is 0.490 e. The van der Waals surface area contributed by atoms with Gasteiger partial charge in [-0.25, -0.2) is 9.52 Å². The van der Waals surface area contributed by atoms with E-state index in [0.29, 0.717) is 42.6 Å². The lowest BCUT2D eigenvalue weighted by atomic mass is 9.92. The van der Waals surface area contributed by atoms with Gasteiger partial charge in [-0.3, -0.25) is 14.5 Å². The van der Waals surface area contributed by atoms with Crippen LogP contribution in [0.3, 0.4) is 0 Å². The van der Waals surface area contributed by atoms with Crippen LogP contribution in [0.1, 0.15) is 62.2 Å². The zero-order chi connectivity index (χ0) is 36.4. The molecule has 4 aliphatic rings. The molecule has 2 aliphatic carbocycles. The molecule has 3 heterocycles. The Kier molecular flexibility index (Phi) is 9.40. The van der Waals surface area contributed by atoms with Crippen LogP contribution in [0.25, 0.3) is 11.0 Å². The lowest BCUT2D eigenvalue weighted by Gasteiger charge is -2.41. The Morgan fingerprint density at radius 1 is 1.04 bits per heavy atom. The van der Waals surface area contributed by atoms with Crippen LogP contribution < -0.4 is 20.0 Å². The van der Waals surface area contributed by atoms with Gasteiger partial charge >= 0.3 is 15.8 Å². The molecule has 0 spiro atoms. The monoisotopic (exact) mass is 721 g/mol. The van der Waals surface area contributed by atoms with Crippen molar-refractivity contribution in [3.8, 4) is 5.75 Å². The van der Waals surface area contributed by atoms with Gasteiger partial charge in [-0.1, -0.05) is 0 Å². The number of methoxy groups -OCH3 is 1. The summed E-state index contributed by atoms with van der Waals surface area (Å²) in [6.07, 6.45) is 3.25. The number of likely N-dealkylation sites (N-methyl/N-ethyl adjacent to an activating group) is 1. The van der Waals surface area contributed by atoms with Crippen molar-refractivity contribution in [2.75, 3.05) is 65.9 Å².